The Morgan fingerprint density at radius 2 is 0.966 bits per heavy atom. The largest absolute Gasteiger partial charge is 0.394 e. The predicted octanol–water partition coefficient (Wildman–Crippen LogP) is -5.41. The highest BCUT2D eigenvalue weighted by atomic mass is 16.8. The van der Waals surface area contributed by atoms with Gasteiger partial charge in [0.2, 0.25) is 0 Å². The third-order valence-corrected chi connectivity index (χ3v) is 22.9. The molecule has 0 bridgehead atoms. The molecule has 0 aromatic rings. The molecule has 3 unspecified atom stereocenters. The van der Waals surface area contributed by atoms with Gasteiger partial charge in [-0.3, -0.25) is 0 Å². The molecule has 8 fully saturated rings. The van der Waals surface area contributed by atoms with Gasteiger partial charge in [0.05, 0.1) is 56.9 Å². The summed E-state index contributed by atoms with van der Waals surface area (Å²) < 4.78 is 59.2. The van der Waals surface area contributed by atoms with Crippen LogP contribution in [0.15, 0.2) is 11.6 Å². The molecule has 516 valence electrons. The summed E-state index contributed by atoms with van der Waals surface area (Å²) in [6, 6.07) is 0. The van der Waals surface area contributed by atoms with Crippen molar-refractivity contribution in [3.8, 4) is 0 Å². The first-order valence-corrected chi connectivity index (χ1v) is 31.6. The fraction of sp³-hybridized carbons (Fsp3) is 0.967. The highest BCUT2D eigenvalue weighted by Crippen LogP contribution is 2.75. The van der Waals surface area contributed by atoms with Crippen LogP contribution in [0.3, 0.4) is 0 Å². The summed E-state index contributed by atoms with van der Waals surface area (Å²) >= 11 is 0. The summed E-state index contributed by atoms with van der Waals surface area (Å²) in [7, 11) is 0. The van der Waals surface area contributed by atoms with E-state index in [4.69, 9.17) is 47.4 Å². The highest BCUT2D eigenvalue weighted by Gasteiger charge is 2.70. The molecule has 5 saturated heterocycles. The van der Waals surface area contributed by atoms with Crippen molar-refractivity contribution in [1.82, 2.24) is 0 Å². The molecular weight excluding hydrogens is 1180 g/mol. The second-order valence-corrected chi connectivity index (χ2v) is 28.7. The van der Waals surface area contributed by atoms with Gasteiger partial charge in [-0.1, -0.05) is 53.2 Å². The number of aliphatic hydroxyl groups excluding tert-OH is 18. The van der Waals surface area contributed by atoms with Crippen LogP contribution in [0.5, 0.6) is 0 Å². The molecule has 0 amide bonds. The molecule has 3 saturated carbocycles. The van der Waals surface area contributed by atoms with Crippen LogP contribution in [0.2, 0.25) is 0 Å². The number of ether oxygens (including phenoxy) is 10. The molecule has 89 heavy (non-hydrogen) atoms. The fourth-order valence-electron chi connectivity index (χ4n) is 17.0. The Hall–Kier alpha value is -1.42. The summed E-state index contributed by atoms with van der Waals surface area (Å²) in [6.07, 6.45) is -37.3. The molecule has 29 heteroatoms. The van der Waals surface area contributed by atoms with Crippen molar-refractivity contribution in [2.75, 3.05) is 33.0 Å². The number of hydrogen-bond acceptors (Lipinski definition) is 29. The van der Waals surface area contributed by atoms with Crippen LogP contribution in [-0.4, -0.2) is 308 Å². The van der Waals surface area contributed by atoms with Gasteiger partial charge in [0, 0.05) is 10.8 Å². The highest BCUT2D eigenvalue weighted by molar-refractivity contribution is 5.32. The van der Waals surface area contributed by atoms with Crippen molar-refractivity contribution in [2.45, 2.75) is 284 Å². The zero-order valence-electron chi connectivity index (χ0n) is 51.8. The van der Waals surface area contributed by atoms with Crippen molar-refractivity contribution < 1.29 is 144 Å². The normalized spacial score (nSPS) is 51.8. The molecule has 19 N–H and O–H groups in total. The maximum Gasteiger partial charge on any atom is 0.187 e. The van der Waals surface area contributed by atoms with E-state index in [-0.39, 0.29) is 40.9 Å². The van der Waals surface area contributed by atoms with Crippen LogP contribution in [0.4, 0.5) is 0 Å². The topological polar surface area (TPSA) is 477 Å². The molecule has 9 aliphatic rings. The second kappa shape index (κ2) is 27.6. The number of hydrogen-bond donors (Lipinski definition) is 19. The van der Waals surface area contributed by atoms with E-state index in [1.165, 1.54) is 13.8 Å². The van der Waals surface area contributed by atoms with Gasteiger partial charge in [-0.2, -0.15) is 0 Å². The third kappa shape index (κ3) is 13.1. The van der Waals surface area contributed by atoms with Gasteiger partial charge in [-0.25, -0.2) is 0 Å². The van der Waals surface area contributed by atoms with E-state index >= 15 is 0 Å². The quantitative estimate of drug-likeness (QED) is 0.0506. The molecular formula is C60H102O29. The van der Waals surface area contributed by atoms with Gasteiger partial charge in [0.25, 0.3) is 0 Å². The number of aliphatic hydroxyl groups is 19. The van der Waals surface area contributed by atoms with Crippen molar-refractivity contribution in [1.29, 1.82) is 0 Å². The van der Waals surface area contributed by atoms with E-state index in [2.05, 4.69) is 33.8 Å². The maximum atomic E-state index is 12.8. The standard InChI is InChI=1S/C60H102O29/c1-23(9-13-35(57(4,5)79)88-54-49(78)44(73)50(89-55-48(77)42(71)38(67)29(20-63)84-55)31(86-54)22-81-52-46(75)41(70)37(66)28(19-62)83-52)24-15-16-58(6)32-12-10-25-26(60(32,8)33(64)17-59(24,58)7)11-14-34(56(25,2)3)87-53-47(76)43(72)39(68)30(85-53)21-80-51-45(74)40(69)36(65)27(18-61)82-51/h10,23-24,26-55,61-79H,9,11-22H2,1-8H3/t23-,24?,26?,27-,28-,29-,30-,31-,32?,33-,34+,35-,36-,37-,38-,39-,40+,41+,42+,43+,44-,45-,46-,47-,48-,49-,50-,51-,52-,53+,54+,55-,58+,59-,60+/m1/s1. The average molecular weight is 1290 g/mol. The van der Waals surface area contributed by atoms with Crippen LogP contribution >= 0.6 is 0 Å². The number of rotatable bonds is 20. The van der Waals surface area contributed by atoms with Gasteiger partial charge < -0.3 is 144 Å². The van der Waals surface area contributed by atoms with Crippen LogP contribution in [0, 0.1) is 45.3 Å². The van der Waals surface area contributed by atoms with Gasteiger partial charge in [-0.15, -0.1) is 0 Å². The van der Waals surface area contributed by atoms with E-state index in [0.29, 0.717) is 32.1 Å². The lowest BCUT2D eigenvalue weighted by Crippen LogP contribution is -2.65. The van der Waals surface area contributed by atoms with Gasteiger partial charge >= 0.3 is 0 Å². The molecule has 4 aliphatic carbocycles. The van der Waals surface area contributed by atoms with Gasteiger partial charge in [0.15, 0.2) is 31.5 Å². The molecule has 5 heterocycles. The molecule has 0 aromatic heterocycles. The van der Waals surface area contributed by atoms with E-state index in [1.54, 1.807) is 0 Å². The van der Waals surface area contributed by atoms with E-state index < -0.39 is 221 Å². The summed E-state index contributed by atoms with van der Waals surface area (Å²) in [5.74, 6) is 0.0532. The number of fused-ring (bicyclic) bond motifs is 5. The van der Waals surface area contributed by atoms with Crippen LogP contribution in [0.25, 0.3) is 0 Å². The summed E-state index contributed by atoms with van der Waals surface area (Å²) in [6.45, 7) is 12.6. The third-order valence-electron chi connectivity index (χ3n) is 22.9. The molecule has 0 aromatic carbocycles. The maximum absolute atomic E-state index is 12.8. The first-order valence-electron chi connectivity index (χ1n) is 31.6. The van der Waals surface area contributed by atoms with Crippen LogP contribution < -0.4 is 0 Å². The predicted molar refractivity (Wildman–Crippen MR) is 300 cm³/mol. The lowest BCUT2D eigenvalue weighted by atomic mass is 9.38. The first-order chi connectivity index (χ1) is 41.6. The Bertz CT molecular complexity index is 2350. The van der Waals surface area contributed by atoms with Crippen LogP contribution in [-0.2, 0) is 47.4 Å². The van der Waals surface area contributed by atoms with E-state index in [1.807, 2.05) is 13.8 Å². The lowest BCUT2D eigenvalue weighted by molar-refractivity contribution is -0.373. The molecule has 0 spiro atoms. The van der Waals surface area contributed by atoms with Crippen molar-refractivity contribution in [3.05, 3.63) is 11.6 Å². The first kappa shape index (κ1) is 71.9. The van der Waals surface area contributed by atoms with E-state index in [0.717, 1.165) is 18.4 Å². The summed E-state index contributed by atoms with van der Waals surface area (Å²) in [5.41, 5.74) is -2.38. The molecule has 5 aliphatic heterocycles. The lowest BCUT2D eigenvalue weighted by Gasteiger charge is -2.67. The van der Waals surface area contributed by atoms with Crippen molar-refractivity contribution >= 4 is 0 Å². The SMILES string of the molecule is C[C@H](CC[C@@H](O[C@@H]1O[C@H](CO[C@@H]2O[C@H](CO)[C@@H](O)[C@H](O)[C@H]2O)[C@@H](O[C@H]2O[C@H](CO)[C@@H](O)[C@H](O)[C@H]2O)[C@H](O)[C@H]1O)C(C)(C)O)C1CC[C@@]2(C)C3CC=C4C(CC[C@H](O[C@@H]5O[C@H](CO[C@@H]6O[C@H](CO)[C@@H](O)[C@H](O)[C@H]6O)[C@@H](O)[C@H](O)[C@H]5O)C4(C)C)[C@]3(C)[C@H](O)C[C@]12C. The Labute approximate surface area is 517 Å². The zero-order chi connectivity index (χ0) is 65.5. The molecule has 29 nitrogen and oxygen atoms in total. The minimum atomic E-state index is -1.96. The minimum absolute atomic E-state index is 0.0114. The van der Waals surface area contributed by atoms with E-state index in [9.17, 15) is 97.0 Å². The van der Waals surface area contributed by atoms with Crippen molar-refractivity contribution in [3.63, 3.8) is 0 Å². The minimum Gasteiger partial charge on any atom is -0.394 e. The Morgan fingerprint density at radius 1 is 0.517 bits per heavy atom. The molecule has 9 rings (SSSR count). The van der Waals surface area contributed by atoms with Gasteiger partial charge in [0.1, 0.15) is 122 Å². The summed E-state index contributed by atoms with van der Waals surface area (Å²) in [4.78, 5) is 0. The summed E-state index contributed by atoms with van der Waals surface area (Å²) in [5, 5.41) is 205. The smallest absolute Gasteiger partial charge is 0.187 e. The van der Waals surface area contributed by atoms with Crippen LogP contribution in [0.1, 0.15) is 107 Å². The van der Waals surface area contributed by atoms with Gasteiger partial charge in [-0.05, 0) is 99.7 Å². The Kier molecular flexibility index (Phi) is 22.3. The number of allylic oxidation sites excluding steroid dienone is 1. The second-order valence-electron chi connectivity index (χ2n) is 28.7. The molecule has 0 radical (unpaired) electrons. The monoisotopic (exact) mass is 1290 g/mol. The Balaban J connectivity index is 0.865. The fourth-order valence-corrected chi connectivity index (χ4v) is 17.0. The molecule has 35 atom stereocenters. The Morgan fingerprint density at radius 3 is 1.48 bits per heavy atom. The average Bonchev–Trinajstić information content (AvgIpc) is 1.67. The van der Waals surface area contributed by atoms with Crippen molar-refractivity contribution in [2.24, 2.45) is 45.3 Å². The zero-order valence-corrected chi connectivity index (χ0v) is 51.8.